The number of hydrogen-bond acceptors (Lipinski definition) is 5. The molecule has 1 fully saturated rings. The minimum Gasteiger partial charge on any atom is -0.394 e. The molecule has 0 radical (unpaired) electrons. The Kier molecular flexibility index (Phi) is 3.56. The normalized spacial score (nSPS) is 19.2. The van der Waals surface area contributed by atoms with Crippen LogP contribution in [0.1, 0.15) is 12.8 Å². The van der Waals surface area contributed by atoms with Crippen LogP contribution < -0.4 is 0 Å². The number of hydrogen-bond donors (Lipinski definition) is 1. The topological polar surface area (TPSA) is 102 Å². The van der Waals surface area contributed by atoms with Gasteiger partial charge in [0.05, 0.1) is 30.0 Å². The summed E-state index contributed by atoms with van der Waals surface area (Å²) in [4.78, 5) is 23.4. The van der Waals surface area contributed by atoms with Crippen molar-refractivity contribution in [3.8, 4) is 0 Å². The summed E-state index contributed by atoms with van der Waals surface area (Å²) in [6.45, 7) is 0.531. The third kappa shape index (κ3) is 2.48. The first-order valence-electron chi connectivity index (χ1n) is 5.70. The second-order valence-corrected chi connectivity index (χ2v) is 4.19. The molecule has 0 aliphatic carbocycles. The van der Waals surface area contributed by atoms with E-state index in [0.29, 0.717) is 6.54 Å². The zero-order valence-electron chi connectivity index (χ0n) is 9.73. The molecule has 1 aromatic heterocycles. The standard InChI is InChI=1S/C10H14N4O4/c15-7-8-2-1-4-13(8)10(16)6-12-5-3-9(11-12)14(17)18/h3,5,8,15H,1-2,4,6-7H2/t8-/m1/s1. The summed E-state index contributed by atoms with van der Waals surface area (Å²) in [5.74, 6) is -0.451. The van der Waals surface area contributed by atoms with Gasteiger partial charge in [0.2, 0.25) is 5.91 Å². The zero-order chi connectivity index (χ0) is 13.1. The number of aliphatic hydroxyl groups is 1. The lowest BCUT2D eigenvalue weighted by molar-refractivity contribution is -0.389. The first-order valence-corrected chi connectivity index (χ1v) is 5.70. The monoisotopic (exact) mass is 254 g/mol. The highest BCUT2D eigenvalue weighted by Gasteiger charge is 2.28. The molecule has 18 heavy (non-hydrogen) atoms. The number of nitrogens with zero attached hydrogens (tertiary/aromatic N) is 4. The number of carbonyl (C=O) groups is 1. The van der Waals surface area contributed by atoms with Gasteiger partial charge in [-0.2, -0.15) is 4.68 Å². The Hall–Kier alpha value is -1.96. The van der Waals surface area contributed by atoms with Gasteiger partial charge in [-0.1, -0.05) is 0 Å². The van der Waals surface area contributed by atoms with Crippen molar-refractivity contribution in [2.75, 3.05) is 13.2 Å². The number of carbonyl (C=O) groups excluding carboxylic acids is 1. The summed E-state index contributed by atoms with van der Waals surface area (Å²) in [5, 5.41) is 23.3. The Balaban J connectivity index is 2.00. The Morgan fingerprint density at radius 1 is 1.67 bits per heavy atom. The van der Waals surface area contributed by atoms with Crippen molar-refractivity contribution in [3.63, 3.8) is 0 Å². The quantitative estimate of drug-likeness (QED) is 0.591. The minimum absolute atomic E-state index is 0.0374. The summed E-state index contributed by atoms with van der Waals surface area (Å²) < 4.78 is 1.24. The summed E-state index contributed by atoms with van der Waals surface area (Å²) in [7, 11) is 0. The van der Waals surface area contributed by atoms with Crippen LogP contribution in [0.2, 0.25) is 0 Å². The molecule has 1 aromatic rings. The van der Waals surface area contributed by atoms with Gasteiger partial charge in [-0.3, -0.25) is 4.79 Å². The highest BCUT2D eigenvalue weighted by atomic mass is 16.6. The van der Waals surface area contributed by atoms with E-state index >= 15 is 0 Å². The smallest absolute Gasteiger partial charge is 0.389 e. The second kappa shape index (κ2) is 5.13. The van der Waals surface area contributed by atoms with Crippen LogP contribution in [0.5, 0.6) is 0 Å². The van der Waals surface area contributed by atoms with Crippen molar-refractivity contribution in [1.82, 2.24) is 14.7 Å². The molecule has 1 aliphatic heterocycles. The van der Waals surface area contributed by atoms with Crippen LogP contribution in [0.15, 0.2) is 12.3 Å². The summed E-state index contributed by atoms with van der Waals surface area (Å²) in [6, 6.07) is 1.11. The van der Waals surface area contributed by atoms with Crippen LogP contribution in [0.25, 0.3) is 0 Å². The van der Waals surface area contributed by atoms with Crippen LogP contribution >= 0.6 is 0 Å². The van der Waals surface area contributed by atoms with Gasteiger partial charge < -0.3 is 20.1 Å². The van der Waals surface area contributed by atoms with Crippen molar-refractivity contribution < 1.29 is 14.8 Å². The van der Waals surface area contributed by atoms with Crippen LogP contribution in [0, 0.1) is 10.1 Å². The van der Waals surface area contributed by atoms with Gasteiger partial charge in [-0.25, -0.2) is 0 Å². The molecule has 1 amide bonds. The fourth-order valence-electron chi connectivity index (χ4n) is 2.12. The number of aliphatic hydroxyl groups excluding tert-OH is 1. The average molecular weight is 254 g/mol. The van der Waals surface area contributed by atoms with Crippen LogP contribution in [-0.4, -0.2) is 49.8 Å². The van der Waals surface area contributed by atoms with E-state index in [0.717, 1.165) is 12.8 Å². The molecule has 0 aromatic carbocycles. The highest BCUT2D eigenvalue weighted by molar-refractivity contribution is 5.76. The van der Waals surface area contributed by atoms with Gasteiger partial charge in [0, 0.05) is 6.54 Å². The molecule has 8 nitrogen and oxygen atoms in total. The lowest BCUT2D eigenvalue weighted by Gasteiger charge is -2.22. The predicted molar refractivity (Wildman–Crippen MR) is 60.7 cm³/mol. The number of amides is 1. The van der Waals surface area contributed by atoms with Crippen molar-refractivity contribution in [3.05, 3.63) is 22.4 Å². The van der Waals surface area contributed by atoms with Gasteiger partial charge in [0.1, 0.15) is 6.54 Å². The van der Waals surface area contributed by atoms with Crippen molar-refractivity contribution in [1.29, 1.82) is 0 Å². The largest absolute Gasteiger partial charge is 0.394 e. The van der Waals surface area contributed by atoms with E-state index in [1.807, 2.05) is 0 Å². The highest BCUT2D eigenvalue weighted by Crippen LogP contribution is 2.17. The molecule has 0 bridgehead atoms. The first-order chi connectivity index (χ1) is 8.61. The summed E-state index contributed by atoms with van der Waals surface area (Å²) in [5.41, 5.74) is 0. The molecule has 1 N–H and O–H groups in total. The van der Waals surface area contributed by atoms with E-state index in [2.05, 4.69) is 5.10 Å². The molecule has 0 saturated carbocycles. The van der Waals surface area contributed by atoms with E-state index < -0.39 is 4.92 Å². The first kappa shape index (κ1) is 12.5. The van der Waals surface area contributed by atoms with E-state index in [1.165, 1.54) is 16.9 Å². The predicted octanol–water partition coefficient (Wildman–Crippen LogP) is -0.225. The average Bonchev–Trinajstić information content (AvgIpc) is 2.96. The van der Waals surface area contributed by atoms with Gasteiger partial charge in [-0.15, -0.1) is 0 Å². The van der Waals surface area contributed by atoms with Crippen LogP contribution in [-0.2, 0) is 11.3 Å². The Morgan fingerprint density at radius 2 is 2.44 bits per heavy atom. The van der Waals surface area contributed by atoms with Gasteiger partial charge in [-0.05, 0) is 17.8 Å². The third-order valence-electron chi connectivity index (χ3n) is 3.02. The molecule has 2 rings (SSSR count). The van der Waals surface area contributed by atoms with Gasteiger partial charge in [0.15, 0.2) is 0 Å². The van der Waals surface area contributed by atoms with Crippen molar-refractivity contribution in [2.45, 2.75) is 25.4 Å². The number of rotatable bonds is 4. The lowest BCUT2D eigenvalue weighted by Crippen LogP contribution is -2.39. The maximum absolute atomic E-state index is 11.9. The van der Waals surface area contributed by atoms with Crippen molar-refractivity contribution in [2.24, 2.45) is 0 Å². The molecular weight excluding hydrogens is 240 g/mol. The molecular formula is C10H14N4O4. The Bertz CT molecular complexity index is 458. The number of aromatic nitrogens is 2. The number of nitro groups is 1. The maximum atomic E-state index is 11.9. The lowest BCUT2D eigenvalue weighted by atomic mass is 10.2. The molecule has 98 valence electrons. The minimum atomic E-state index is -0.604. The zero-order valence-corrected chi connectivity index (χ0v) is 9.73. The third-order valence-corrected chi connectivity index (χ3v) is 3.02. The van der Waals surface area contributed by atoms with Gasteiger partial charge >= 0.3 is 5.82 Å². The van der Waals surface area contributed by atoms with E-state index in [9.17, 15) is 14.9 Å². The molecule has 0 unspecified atom stereocenters. The van der Waals surface area contributed by atoms with Crippen molar-refractivity contribution >= 4 is 11.7 Å². The Labute approximate surface area is 103 Å². The molecule has 2 heterocycles. The number of likely N-dealkylation sites (tertiary alicyclic amines) is 1. The molecule has 0 spiro atoms. The maximum Gasteiger partial charge on any atom is 0.389 e. The van der Waals surface area contributed by atoms with E-state index in [-0.39, 0.29) is 30.9 Å². The van der Waals surface area contributed by atoms with E-state index in [4.69, 9.17) is 5.11 Å². The fraction of sp³-hybridized carbons (Fsp3) is 0.600. The molecule has 1 aliphatic rings. The van der Waals surface area contributed by atoms with E-state index in [1.54, 1.807) is 4.90 Å². The summed E-state index contributed by atoms with van der Waals surface area (Å²) >= 11 is 0. The fourth-order valence-corrected chi connectivity index (χ4v) is 2.12. The molecule has 1 atom stereocenters. The molecule has 1 saturated heterocycles. The van der Waals surface area contributed by atoms with Crippen LogP contribution in [0.3, 0.4) is 0 Å². The second-order valence-electron chi connectivity index (χ2n) is 4.19. The van der Waals surface area contributed by atoms with Crippen LogP contribution in [0.4, 0.5) is 5.82 Å². The van der Waals surface area contributed by atoms with Gasteiger partial charge in [0.25, 0.3) is 0 Å². The molecule has 8 heteroatoms. The Morgan fingerprint density at radius 3 is 3.06 bits per heavy atom. The summed E-state index contributed by atoms with van der Waals surface area (Å²) in [6.07, 6.45) is 3.07. The SMILES string of the molecule is O=C(Cn1ccc([N+](=O)[O-])n1)N1CCC[C@@H]1CO.